The second kappa shape index (κ2) is 8.31. The van der Waals surface area contributed by atoms with Gasteiger partial charge in [0.1, 0.15) is 22.8 Å². The number of aryl methyl sites for hydroxylation is 1. The number of hydrogen-bond donors (Lipinski definition) is 0. The van der Waals surface area contributed by atoms with Crippen molar-refractivity contribution in [2.45, 2.75) is 6.92 Å². The third kappa shape index (κ3) is 3.73. The Kier molecular flexibility index (Phi) is 5.41. The van der Waals surface area contributed by atoms with Crippen LogP contribution in [0.15, 0.2) is 71.1 Å². The third-order valence-electron chi connectivity index (χ3n) is 4.84. The van der Waals surface area contributed by atoms with Crippen molar-refractivity contribution in [2.75, 3.05) is 14.2 Å². The van der Waals surface area contributed by atoms with Gasteiger partial charge in [0.05, 0.1) is 19.9 Å². The van der Waals surface area contributed by atoms with Crippen molar-refractivity contribution in [1.82, 2.24) is 9.78 Å². The van der Waals surface area contributed by atoms with Crippen molar-refractivity contribution in [2.24, 2.45) is 0 Å². The van der Waals surface area contributed by atoms with Crippen molar-refractivity contribution in [3.8, 4) is 28.3 Å². The van der Waals surface area contributed by atoms with E-state index in [1.807, 2.05) is 61.5 Å². The maximum Gasteiger partial charge on any atom is 0.357 e. The van der Waals surface area contributed by atoms with Gasteiger partial charge in [-0.25, -0.2) is 14.3 Å². The van der Waals surface area contributed by atoms with Crippen LogP contribution in [0.1, 0.15) is 26.6 Å². The molecule has 0 atom stereocenters. The molecule has 0 radical (unpaired) electrons. The summed E-state index contributed by atoms with van der Waals surface area (Å²) in [5, 5.41) is 4.59. The van der Waals surface area contributed by atoms with Gasteiger partial charge >= 0.3 is 11.9 Å². The Morgan fingerprint density at radius 1 is 0.839 bits per heavy atom. The number of hydrogen-bond acceptors (Lipinski definition) is 6. The van der Waals surface area contributed by atoms with Crippen molar-refractivity contribution >= 4 is 11.9 Å². The molecule has 0 fully saturated rings. The molecule has 0 aliphatic carbocycles. The lowest BCUT2D eigenvalue weighted by atomic mass is 10.0. The number of carbonyl (C=O) groups is 2. The van der Waals surface area contributed by atoms with Gasteiger partial charge in [-0.1, -0.05) is 42.5 Å². The van der Waals surface area contributed by atoms with Gasteiger partial charge in [-0.2, -0.15) is 5.10 Å². The molecule has 0 unspecified atom stereocenters. The number of esters is 2. The van der Waals surface area contributed by atoms with Crippen LogP contribution in [0.3, 0.4) is 0 Å². The molecule has 4 rings (SSSR count). The molecule has 0 N–H and O–H groups in total. The summed E-state index contributed by atoms with van der Waals surface area (Å²) in [7, 11) is 2.51. The third-order valence-corrected chi connectivity index (χ3v) is 4.84. The molecule has 156 valence electrons. The molecule has 4 aromatic rings. The molecule has 0 aliphatic rings. The number of benzene rings is 2. The van der Waals surface area contributed by atoms with E-state index < -0.39 is 11.9 Å². The van der Waals surface area contributed by atoms with E-state index in [2.05, 4.69) is 5.10 Å². The molecule has 7 heteroatoms. The zero-order chi connectivity index (χ0) is 22.0. The van der Waals surface area contributed by atoms with E-state index in [1.54, 1.807) is 12.1 Å². The highest BCUT2D eigenvalue weighted by Gasteiger charge is 2.31. The summed E-state index contributed by atoms with van der Waals surface area (Å²) in [5.74, 6) is 0.188. The molecule has 0 amide bonds. The van der Waals surface area contributed by atoms with E-state index in [-0.39, 0.29) is 11.3 Å². The van der Waals surface area contributed by atoms with Crippen LogP contribution in [-0.4, -0.2) is 35.9 Å². The Morgan fingerprint density at radius 3 is 2.06 bits per heavy atom. The minimum absolute atomic E-state index is 0.00119. The van der Waals surface area contributed by atoms with Crippen LogP contribution in [0, 0.1) is 6.92 Å². The van der Waals surface area contributed by atoms with Crippen LogP contribution in [0.4, 0.5) is 0 Å². The van der Waals surface area contributed by atoms with E-state index in [9.17, 15) is 9.59 Å². The molecular weight excluding hydrogens is 396 g/mol. The maximum atomic E-state index is 12.7. The van der Waals surface area contributed by atoms with E-state index in [1.165, 1.54) is 18.9 Å². The van der Waals surface area contributed by atoms with Gasteiger partial charge in [0, 0.05) is 11.1 Å². The summed E-state index contributed by atoms with van der Waals surface area (Å²) in [6.07, 6.45) is 0. The van der Waals surface area contributed by atoms with E-state index >= 15 is 0 Å². The number of carbonyl (C=O) groups excluding carboxylic acids is 2. The van der Waals surface area contributed by atoms with Crippen LogP contribution in [0.2, 0.25) is 0 Å². The molecule has 0 saturated heterocycles. The minimum atomic E-state index is -0.689. The highest BCUT2D eigenvalue weighted by atomic mass is 16.5. The zero-order valence-electron chi connectivity index (χ0n) is 17.3. The first-order chi connectivity index (χ1) is 15.0. The van der Waals surface area contributed by atoms with Crippen LogP contribution in [0.25, 0.3) is 28.3 Å². The number of aromatic nitrogens is 2. The lowest BCUT2D eigenvalue weighted by Crippen LogP contribution is -2.15. The monoisotopic (exact) mass is 416 g/mol. The summed E-state index contributed by atoms with van der Waals surface area (Å²) in [5.41, 5.74) is 2.50. The van der Waals surface area contributed by atoms with Gasteiger partial charge in [0.2, 0.25) is 0 Å². The predicted molar refractivity (Wildman–Crippen MR) is 114 cm³/mol. The van der Waals surface area contributed by atoms with Crippen LogP contribution in [0.5, 0.6) is 0 Å². The van der Waals surface area contributed by atoms with Crippen molar-refractivity contribution in [3.05, 3.63) is 83.7 Å². The summed E-state index contributed by atoms with van der Waals surface area (Å²) >= 11 is 0. The fourth-order valence-electron chi connectivity index (χ4n) is 3.34. The topological polar surface area (TPSA) is 83.6 Å². The number of methoxy groups -OCH3 is 2. The molecule has 7 nitrogen and oxygen atoms in total. The normalized spacial score (nSPS) is 10.7. The highest BCUT2D eigenvalue weighted by molar-refractivity contribution is 6.06. The van der Waals surface area contributed by atoms with Crippen molar-refractivity contribution in [1.29, 1.82) is 0 Å². The average molecular weight is 416 g/mol. The van der Waals surface area contributed by atoms with Gasteiger partial charge in [-0.3, -0.25) is 0 Å². The van der Waals surface area contributed by atoms with E-state index in [0.29, 0.717) is 16.9 Å². The van der Waals surface area contributed by atoms with Crippen LogP contribution >= 0.6 is 0 Å². The zero-order valence-corrected chi connectivity index (χ0v) is 17.3. The second-order valence-corrected chi connectivity index (χ2v) is 6.79. The average Bonchev–Trinajstić information content (AvgIpc) is 3.43. The first kappa shape index (κ1) is 20.2. The number of furan rings is 1. The molecule has 2 aromatic heterocycles. The summed E-state index contributed by atoms with van der Waals surface area (Å²) in [6.45, 7) is 1.88. The summed E-state index contributed by atoms with van der Waals surface area (Å²) in [4.78, 5) is 25.3. The number of para-hydroxylation sites is 1. The summed E-state index contributed by atoms with van der Waals surface area (Å²) in [6, 6.07) is 20.2. The molecule has 2 heterocycles. The van der Waals surface area contributed by atoms with Gasteiger partial charge in [0.25, 0.3) is 0 Å². The summed E-state index contributed by atoms with van der Waals surface area (Å²) < 4.78 is 17.0. The smallest absolute Gasteiger partial charge is 0.357 e. The Balaban J connectivity index is 1.90. The molecule has 31 heavy (non-hydrogen) atoms. The van der Waals surface area contributed by atoms with Crippen LogP contribution in [-0.2, 0) is 9.47 Å². The second-order valence-electron chi connectivity index (χ2n) is 6.79. The molecule has 0 aliphatic heterocycles. The largest absolute Gasteiger partial charge is 0.465 e. The van der Waals surface area contributed by atoms with Crippen molar-refractivity contribution in [3.63, 3.8) is 0 Å². The lowest BCUT2D eigenvalue weighted by molar-refractivity contribution is 0.0549. The molecule has 0 bridgehead atoms. The highest BCUT2D eigenvalue weighted by Crippen LogP contribution is 2.31. The van der Waals surface area contributed by atoms with Gasteiger partial charge in [0.15, 0.2) is 5.69 Å². The Hall–Kier alpha value is -4.13. The molecule has 0 saturated carbocycles. The lowest BCUT2D eigenvalue weighted by Gasteiger charge is -2.07. The fraction of sp³-hybridized carbons (Fsp3) is 0.125. The SMILES string of the molecule is COC(=O)c1c(-c2ccc(-c3ccc(C)o3)cc2)nn(-c2ccccc2)c1C(=O)OC. The number of nitrogens with zero attached hydrogens (tertiary/aromatic N) is 2. The maximum absolute atomic E-state index is 12.7. The molecule has 2 aromatic carbocycles. The Bertz CT molecular complexity index is 1240. The Morgan fingerprint density at radius 2 is 1.48 bits per heavy atom. The Labute approximate surface area is 178 Å². The number of rotatable bonds is 5. The van der Waals surface area contributed by atoms with E-state index in [4.69, 9.17) is 13.9 Å². The van der Waals surface area contributed by atoms with Crippen molar-refractivity contribution < 1.29 is 23.5 Å². The quantitative estimate of drug-likeness (QED) is 0.439. The number of ether oxygens (including phenoxy) is 2. The standard InChI is InChI=1S/C24H20N2O5/c1-15-9-14-19(31-15)16-10-12-17(13-11-16)21-20(23(27)29-2)22(24(28)30-3)26(25-21)18-7-5-4-6-8-18/h4-14H,1-3H3. The molecule has 0 spiro atoms. The minimum Gasteiger partial charge on any atom is -0.465 e. The van der Waals surface area contributed by atoms with E-state index in [0.717, 1.165) is 17.1 Å². The fourth-order valence-corrected chi connectivity index (χ4v) is 3.34. The first-order valence-electron chi connectivity index (χ1n) is 9.55. The molecular formula is C24H20N2O5. The predicted octanol–water partition coefficient (Wildman–Crippen LogP) is 4.68. The van der Waals surface area contributed by atoms with Gasteiger partial charge < -0.3 is 13.9 Å². The van der Waals surface area contributed by atoms with Gasteiger partial charge in [-0.15, -0.1) is 0 Å². The van der Waals surface area contributed by atoms with Crippen LogP contribution < -0.4 is 0 Å². The first-order valence-corrected chi connectivity index (χ1v) is 9.55. The van der Waals surface area contributed by atoms with Gasteiger partial charge in [-0.05, 0) is 31.2 Å².